The molecule has 2 aromatic rings. The first-order valence-corrected chi connectivity index (χ1v) is 7.17. The number of carbonyl (C=O) groups excluding carboxylic acids is 1. The van der Waals surface area contributed by atoms with Gasteiger partial charge in [0.25, 0.3) is 5.69 Å². The predicted octanol–water partition coefficient (Wildman–Crippen LogP) is 3.65. The van der Waals surface area contributed by atoms with E-state index in [0.717, 1.165) is 17.5 Å². The Bertz CT molecular complexity index is 728. The molecule has 1 fully saturated rings. The highest BCUT2D eigenvalue weighted by atomic mass is 16.6. The average Bonchev–Trinajstić information content (AvgIpc) is 3.30. The molecular formula is C17H16N2O3. The fraction of sp³-hybridized carbons (Fsp3) is 0.235. The summed E-state index contributed by atoms with van der Waals surface area (Å²) in [5.74, 6) is -0.0465. The van der Waals surface area contributed by atoms with E-state index in [1.165, 1.54) is 6.07 Å². The summed E-state index contributed by atoms with van der Waals surface area (Å²) in [5.41, 5.74) is 2.13. The topological polar surface area (TPSA) is 72.2 Å². The van der Waals surface area contributed by atoms with E-state index in [0.29, 0.717) is 0 Å². The number of benzene rings is 2. The highest BCUT2D eigenvalue weighted by Gasteiger charge is 2.44. The predicted molar refractivity (Wildman–Crippen MR) is 83.8 cm³/mol. The van der Waals surface area contributed by atoms with Crippen molar-refractivity contribution in [2.45, 2.75) is 19.3 Å². The number of amides is 1. The van der Waals surface area contributed by atoms with Gasteiger partial charge in [-0.25, -0.2) is 0 Å². The monoisotopic (exact) mass is 296 g/mol. The lowest BCUT2D eigenvalue weighted by atomic mass is 10.1. The van der Waals surface area contributed by atoms with Crippen LogP contribution in [-0.4, -0.2) is 10.8 Å². The van der Waals surface area contributed by atoms with Gasteiger partial charge in [-0.05, 0) is 36.5 Å². The molecule has 0 saturated heterocycles. The van der Waals surface area contributed by atoms with Gasteiger partial charge >= 0.3 is 0 Å². The van der Waals surface area contributed by atoms with Gasteiger partial charge in [-0.15, -0.1) is 0 Å². The first-order valence-electron chi connectivity index (χ1n) is 7.17. The highest BCUT2D eigenvalue weighted by molar-refractivity contribution is 5.97. The number of aryl methyl sites for hydroxylation is 1. The third-order valence-electron chi connectivity index (χ3n) is 3.96. The van der Waals surface area contributed by atoms with Crippen molar-refractivity contribution >= 4 is 17.3 Å². The molecule has 1 amide bonds. The summed E-state index contributed by atoms with van der Waals surface area (Å²) in [6.07, 6.45) is 0.787. The Morgan fingerprint density at radius 3 is 2.64 bits per heavy atom. The van der Waals surface area contributed by atoms with Crippen LogP contribution >= 0.6 is 0 Å². The number of nitrogens with one attached hydrogen (secondary N) is 1. The summed E-state index contributed by atoms with van der Waals surface area (Å²) in [6, 6.07) is 14.7. The second-order valence-corrected chi connectivity index (χ2v) is 5.63. The standard InChI is InChI=1S/C17H16N2O3/c1-11-7-8-15(16(9-11)19(21)22)18-17(20)14-10-13(14)12-5-3-2-4-6-12/h2-9,13-14H,10H2,1H3,(H,18,20)/t13-,14+/m0/s1. The molecule has 1 aliphatic carbocycles. The minimum atomic E-state index is -0.468. The SMILES string of the molecule is Cc1ccc(NC(=O)[C@@H]2C[C@H]2c2ccccc2)c([N+](=O)[O-])c1. The molecular weight excluding hydrogens is 280 g/mol. The fourth-order valence-corrected chi connectivity index (χ4v) is 2.68. The van der Waals surface area contributed by atoms with Crippen molar-refractivity contribution in [3.8, 4) is 0 Å². The third kappa shape index (κ3) is 2.83. The summed E-state index contributed by atoms with van der Waals surface area (Å²) in [7, 11) is 0. The lowest BCUT2D eigenvalue weighted by molar-refractivity contribution is -0.384. The molecule has 2 atom stereocenters. The number of carbonyl (C=O) groups is 1. The normalized spacial score (nSPS) is 19.5. The van der Waals surface area contributed by atoms with Crippen LogP contribution in [0.15, 0.2) is 48.5 Å². The van der Waals surface area contributed by atoms with Crippen LogP contribution in [0.3, 0.4) is 0 Å². The van der Waals surface area contributed by atoms with Gasteiger partial charge in [0.1, 0.15) is 5.69 Å². The number of nitrogens with zero attached hydrogens (tertiary/aromatic N) is 1. The van der Waals surface area contributed by atoms with Gasteiger partial charge < -0.3 is 5.32 Å². The van der Waals surface area contributed by atoms with E-state index < -0.39 is 4.92 Å². The number of nitro groups is 1. The van der Waals surface area contributed by atoms with Crippen LogP contribution in [0.4, 0.5) is 11.4 Å². The van der Waals surface area contributed by atoms with E-state index in [1.807, 2.05) is 30.3 Å². The molecule has 5 nitrogen and oxygen atoms in total. The molecule has 1 saturated carbocycles. The summed E-state index contributed by atoms with van der Waals surface area (Å²) >= 11 is 0. The molecule has 5 heteroatoms. The van der Waals surface area contributed by atoms with Crippen LogP contribution in [0, 0.1) is 23.0 Å². The van der Waals surface area contributed by atoms with Crippen molar-refractivity contribution in [1.82, 2.24) is 0 Å². The zero-order chi connectivity index (χ0) is 15.7. The summed E-state index contributed by atoms with van der Waals surface area (Å²) in [6.45, 7) is 1.78. The number of rotatable bonds is 4. The maximum absolute atomic E-state index is 12.3. The molecule has 0 radical (unpaired) electrons. The number of hydrogen-bond acceptors (Lipinski definition) is 3. The summed E-state index contributed by atoms with van der Waals surface area (Å²) < 4.78 is 0. The molecule has 0 heterocycles. The van der Waals surface area contributed by atoms with E-state index in [2.05, 4.69) is 5.32 Å². The van der Waals surface area contributed by atoms with Crippen molar-refractivity contribution in [1.29, 1.82) is 0 Å². The third-order valence-corrected chi connectivity index (χ3v) is 3.96. The van der Waals surface area contributed by atoms with E-state index in [9.17, 15) is 14.9 Å². The van der Waals surface area contributed by atoms with E-state index >= 15 is 0 Å². The van der Waals surface area contributed by atoms with E-state index in [4.69, 9.17) is 0 Å². The fourth-order valence-electron chi connectivity index (χ4n) is 2.68. The first kappa shape index (κ1) is 14.3. The van der Waals surface area contributed by atoms with Crippen molar-refractivity contribution in [2.24, 2.45) is 5.92 Å². The average molecular weight is 296 g/mol. The van der Waals surface area contributed by atoms with Crippen LogP contribution in [0.25, 0.3) is 0 Å². The van der Waals surface area contributed by atoms with Crippen LogP contribution in [0.2, 0.25) is 0 Å². The molecule has 22 heavy (non-hydrogen) atoms. The number of nitro benzene ring substituents is 1. The van der Waals surface area contributed by atoms with Gasteiger partial charge in [0.15, 0.2) is 0 Å². The van der Waals surface area contributed by atoms with Crippen LogP contribution in [-0.2, 0) is 4.79 Å². The molecule has 0 bridgehead atoms. The van der Waals surface area contributed by atoms with E-state index in [-0.39, 0.29) is 29.1 Å². The second kappa shape index (κ2) is 5.60. The summed E-state index contributed by atoms with van der Waals surface area (Å²) in [5, 5.41) is 13.8. The lowest BCUT2D eigenvalue weighted by Crippen LogP contribution is -2.15. The zero-order valence-electron chi connectivity index (χ0n) is 12.2. The molecule has 1 aliphatic rings. The zero-order valence-corrected chi connectivity index (χ0v) is 12.2. The van der Waals surface area contributed by atoms with Crippen molar-refractivity contribution in [3.63, 3.8) is 0 Å². The Hall–Kier alpha value is -2.69. The Morgan fingerprint density at radius 1 is 1.23 bits per heavy atom. The lowest BCUT2D eigenvalue weighted by Gasteiger charge is -2.06. The second-order valence-electron chi connectivity index (χ2n) is 5.63. The molecule has 2 aromatic carbocycles. The van der Waals surface area contributed by atoms with Gasteiger partial charge in [0.05, 0.1) is 4.92 Å². The van der Waals surface area contributed by atoms with Gasteiger partial charge in [0, 0.05) is 12.0 Å². The number of hydrogen-bond donors (Lipinski definition) is 1. The van der Waals surface area contributed by atoms with E-state index in [1.54, 1.807) is 19.1 Å². The van der Waals surface area contributed by atoms with Gasteiger partial charge in [-0.2, -0.15) is 0 Å². The van der Waals surface area contributed by atoms with Crippen molar-refractivity contribution < 1.29 is 9.72 Å². The molecule has 0 aromatic heterocycles. The van der Waals surface area contributed by atoms with Crippen molar-refractivity contribution in [3.05, 3.63) is 69.8 Å². The smallest absolute Gasteiger partial charge is 0.293 e. The van der Waals surface area contributed by atoms with Gasteiger partial charge in [0.2, 0.25) is 5.91 Å². The van der Waals surface area contributed by atoms with Crippen LogP contribution in [0.1, 0.15) is 23.5 Å². The van der Waals surface area contributed by atoms with Gasteiger partial charge in [-0.3, -0.25) is 14.9 Å². The Labute approximate surface area is 128 Å². The molecule has 3 rings (SSSR count). The minimum absolute atomic E-state index is 0.0646. The largest absolute Gasteiger partial charge is 0.320 e. The molecule has 0 aliphatic heterocycles. The molecule has 112 valence electrons. The Morgan fingerprint density at radius 2 is 1.95 bits per heavy atom. The summed E-state index contributed by atoms with van der Waals surface area (Å²) in [4.78, 5) is 22.9. The van der Waals surface area contributed by atoms with Crippen molar-refractivity contribution in [2.75, 3.05) is 5.32 Å². The Balaban J connectivity index is 1.73. The minimum Gasteiger partial charge on any atom is -0.320 e. The molecule has 0 spiro atoms. The van der Waals surface area contributed by atoms with Gasteiger partial charge in [-0.1, -0.05) is 36.4 Å². The van der Waals surface area contributed by atoms with Crippen LogP contribution in [0.5, 0.6) is 0 Å². The molecule has 0 unspecified atom stereocenters. The maximum atomic E-state index is 12.3. The van der Waals surface area contributed by atoms with Crippen LogP contribution < -0.4 is 5.32 Å². The quantitative estimate of drug-likeness (QED) is 0.691. The highest BCUT2D eigenvalue weighted by Crippen LogP contribution is 2.48. The number of anilines is 1. The maximum Gasteiger partial charge on any atom is 0.293 e. The Kier molecular flexibility index (Phi) is 3.63. The molecule has 1 N–H and O–H groups in total. The first-order chi connectivity index (χ1) is 10.6.